The van der Waals surface area contributed by atoms with Crippen molar-refractivity contribution in [3.05, 3.63) is 18.1 Å². The van der Waals surface area contributed by atoms with Gasteiger partial charge in [0.1, 0.15) is 12.1 Å². The van der Waals surface area contributed by atoms with Crippen LogP contribution >= 0.6 is 0 Å². The molecule has 104 valence electrons. The highest BCUT2D eigenvalue weighted by molar-refractivity contribution is 5.79. The molecular formula is C14H22N4O. The molecule has 19 heavy (non-hydrogen) atoms. The van der Waals surface area contributed by atoms with Crippen LogP contribution in [0.4, 0.5) is 5.82 Å². The minimum atomic E-state index is 0.0792. The molecule has 0 radical (unpaired) electrons. The molecule has 1 N–H and O–H groups in total. The summed E-state index contributed by atoms with van der Waals surface area (Å²) in [5.74, 6) is 1.19. The van der Waals surface area contributed by atoms with Crippen LogP contribution in [0.1, 0.15) is 31.9 Å². The highest BCUT2D eigenvalue weighted by Crippen LogP contribution is 2.21. The molecule has 0 bridgehead atoms. The van der Waals surface area contributed by atoms with Crippen LogP contribution in [0.2, 0.25) is 0 Å². The van der Waals surface area contributed by atoms with Gasteiger partial charge < -0.3 is 10.2 Å². The summed E-state index contributed by atoms with van der Waals surface area (Å²) >= 11 is 0. The number of rotatable bonds is 4. The van der Waals surface area contributed by atoms with E-state index in [4.69, 9.17) is 0 Å². The molecule has 5 heteroatoms. The Bertz CT molecular complexity index is 435. The maximum atomic E-state index is 12.0. The third kappa shape index (κ3) is 3.66. The van der Waals surface area contributed by atoms with Crippen molar-refractivity contribution in [2.45, 2.75) is 33.1 Å². The van der Waals surface area contributed by atoms with Gasteiger partial charge in [-0.05, 0) is 26.2 Å². The van der Waals surface area contributed by atoms with E-state index in [1.807, 2.05) is 13.0 Å². The fraction of sp³-hybridized carbons (Fsp3) is 0.643. The molecule has 1 aromatic heterocycles. The van der Waals surface area contributed by atoms with Crippen molar-refractivity contribution in [2.75, 3.05) is 24.5 Å². The van der Waals surface area contributed by atoms with Crippen LogP contribution in [0.25, 0.3) is 0 Å². The third-order valence-corrected chi connectivity index (χ3v) is 3.45. The van der Waals surface area contributed by atoms with E-state index in [-0.39, 0.29) is 11.8 Å². The summed E-state index contributed by atoms with van der Waals surface area (Å²) in [7, 11) is 0. The highest BCUT2D eigenvalue weighted by atomic mass is 16.1. The van der Waals surface area contributed by atoms with E-state index < -0.39 is 0 Å². The van der Waals surface area contributed by atoms with Crippen LogP contribution in [0.3, 0.4) is 0 Å². The van der Waals surface area contributed by atoms with Gasteiger partial charge >= 0.3 is 0 Å². The van der Waals surface area contributed by atoms with Crippen LogP contribution in [0.15, 0.2) is 12.4 Å². The van der Waals surface area contributed by atoms with Crippen molar-refractivity contribution in [3.8, 4) is 0 Å². The fourth-order valence-corrected chi connectivity index (χ4v) is 2.41. The summed E-state index contributed by atoms with van der Waals surface area (Å²) in [5.41, 5.74) is 0.961. The Morgan fingerprint density at radius 3 is 3.11 bits per heavy atom. The van der Waals surface area contributed by atoms with Gasteiger partial charge in [-0.2, -0.15) is 0 Å². The number of aryl methyl sites for hydroxylation is 1. The maximum Gasteiger partial charge on any atom is 0.224 e. The molecule has 1 unspecified atom stereocenters. The molecule has 1 aromatic rings. The summed E-state index contributed by atoms with van der Waals surface area (Å²) in [4.78, 5) is 22.6. The lowest BCUT2D eigenvalue weighted by molar-refractivity contribution is -0.125. The first-order chi connectivity index (χ1) is 9.20. The van der Waals surface area contributed by atoms with Gasteiger partial charge in [-0.15, -0.1) is 0 Å². The van der Waals surface area contributed by atoms with Gasteiger partial charge in [0.2, 0.25) is 5.91 Å². The molecular weight excluding hydrogens is 240 g/mol. The van der Waals surface area contributed by atoms with Crippen molar-refractivity contribution in [1.82, 2.24) is 15.3 Å². The number of aromatic nitrogens is 2. The molecule has 5 nitrogen and oxygen atoms in total. The van der Waals surface area contributed by atoms with E-state index in [1.165, 1.54) is 0 Å². The zero-order valence-electron chi connectivity index (χ0n) is 11.7. The van der Waals surface area contributed by atoms with E-state index in [1.54, 1.807) is 6.33 Å². The minimum Gasteiger partial charge on any atom is -0.356 e. The first-order valence-corrected chi connectivity index (χ1v) is 7.02. The Kier molecular flexibility index (Phi) is 4.71. The number of hydrogen-bond acceptors (Lipinski definition) is 4. The van der Waals surface area contributed by atoms with Gasteiger partial charge in [-0.1, -0.05) is 6.92 Å². The maximum absolute atomic E-state index is 12.0. The van der Waals surface area contributed by atoms with Crippen LogP contribution in [-0.2, 0) is 4.79 Å². The number of amides is 1. The number of nitrogens with one attached hydrogen (secondary N) is 1. The zero-order valence-corrected chi connectivity index (χ0v) is 11.7. The SMILES string of the molecule is CCCNC(=O)C1CCCN(c2cc(C)ncn2)C1. The van der Waals surface area contributed by atoms with Gasteiger partial charge in [-0.3, -0.25) is 4.79 Å². The van der Waals surface area contributed by atoms with Crippen molar-refractivity contribution in [2.24, 2.45) is 5.92 Å². The summed E-state index contributed by atoms with van der Waals surface area (Å²) < 4.78 is 0. The Balaban J connectivity index is 1.99. The second kappa shape index (κ2) is 6.50. The predicted octanol–water partition coefficient (Wildman–Crippen LogP) is 1.53. The molecule has 1 aliphatic heterocycles. The molecule has 0 spiro atoms. The minimum absolute atomic E-state index is 0.0792. The molecule has 2 rings (SSSR count). The van der Waals surface area contributed by atoms with Crippen LogP contribution < -0.4 is 10.2 Å². The lowest BCUT2D eigenvalue weighted by Crippen LogP contribution is -2.43. The van der Waals surface area contributed by atoms with Crippen molar-refractivity contribution in [3.63, 3.8) is 0 Å². The van der Waals surface area contributed by atoms with Crippen LogP contribution in [0, 0.1) is 12.8 Å². The Morgan fingerprint density at radius 1 is 1.53 bits per heavy atom. The molecule has 1 atom stereocenters. The molecule has 1 aliphatic rings. The Hall–Kier alpha value is -1.65. The monoisotopic (exact) mass is 262 g/mol. The molecule has 1 amide bonds. The fourth-order valence-electron chi connectivity index (χ4n) is 2.41. The van der Waals surface area contributed by atoms with Crippen LogP contribution in [-0.4, -0.2) is 35.5 Å². The lowest BCUT2D eigenvalue weighted by Gasteiger charge is -2.32. The van der Waals surface area contributed by atoms with Crippen molar-refractivity contribution >= 4 is 11.7 Å². The number of piperidine rings is 1. The van der Waals surface area contributed by atoms with E-state index in [9.17, 15) is 4.79 Å². The van der Waals surface area contributed by atoms with E-state index in [0.717, 1.165) is 50.4 Å². The lowest BCUT2D eigenvalue weighted by atomic mass is 9.97. The van der Waals surface area contributed by atoms with Crippen molar-refractivity contribution < 1.29 is 4.79 Å². The van der Waals surface area contributed by atoms with E-state index >= 15 is 0 Å². The van der Waals surface area contributed by atoms with Crippen LogP contribution in [0.5, 0.6) is 0 Å². The number of hydrogen-bond donors (Lipinski definition) is 1. The molecule has 1 fully saturated rings. The molecule has 0 aliphatic carbocycles. The predicted molar refractivity (Wildman–Crippen MR) is 75.0 cm³/mol. The third-order valence-electron chi connectivity index (χ3n) is 3.45. The Morgan fingerprint density at radius 2 is 2.37 bits per heavy atom. The number of nitrogens with zero attached hydrogens (tertiary/aromatic N) is 3. The second-order valence-electron chi connectivity index (χ2n) is 5.09. The summed E-state index contributed by atoms with van der Waals surface area (Å²) in [6, 6.07) is 1.98. The molecule has 1 saturated heterocycles. The first kappa shape index (κ1) is 13.8. The van der Waals surface area contributed by atoms with Gasteiger partial charge in [-0.25, -0.2) is 9.97 Å². The van der Waals surface area contributed by atoms with E-state index in [2.05, 4.69) is 27.1 Å². The molecule has 0 aromatic carbocycles. The number of anilines is 1. The van der Waals surface area contributed by atoms with Gasteiger partial charge in [0.05, 0.1) is 5.92 Å². The molecule has 0 saturated carbocycles. The summed E-state index contributed by atoms with van der Waals surface area (Å²) in [6.45, 7) is 6.51. The largest absolute Gasteiger partial charge is 0.356 e. The van der Waals surface area contributed by atoms with Gasteiger partial charge in [0, 0.05) is 31.4 Å². The zero-order chi connectivity index (χ0) is 13.7. The average molecular weight is 262 g/mol. The van der Waals surface area contributed by atoms with Gasteiger partial charge in [0.25, 0.3) is 0 Å². The highest BCUT2D eigenvalue weighted by Gasteiger charge is 2.26. The smallest absolute Gasteiger partial charge is 0.224 e. The average Bonchev–Trinajstić information content (AvgIpc) is 2.45. The Labute approximate surface area is 114 Å². The quantitative estimate of drug-likeness (QED) is 0.894. The van der Waals surface area contributed by atoms with E-state index in [0.29, 0.717) is 0 Å². The second-order valence-corrected chi connectivity index (χ2v) is 5.09. The summed E-state index contributed by atoms with van der Waals surface area (Å²) in [5, 5.41) is 2.99. The molecule has 2 heterocycles. The first-order valence-electron chi connectivity index (χ1n) is 7.02. The van der Waals surface area contributed by atoms with Crippen molar-refractivity contribution in [1.29, 1.82) is 0 Å². The topological polar surface area (TPSA) is 58.1 Å². The van der Waals surface area contributed by atoms with Gasteiger partial charge in [0.15, 0.2) is 0 Å². The summed E-state index contributed by atoms with van der Waals surface area (Å²) in [6.07, 6.45) is 4.57. The normalized spacial score (nSPS) is 19.3. The standard InChI is InChI=1S/C14H22N4O/c1-3-6-15-14(19)12-5-4-7-18(9-12)13-8-11(2)16-10-17-13/h8,10,12H,3-7,9H2,1-2H3,(H,15,19). The number of carbonyl (C=O) groups is 1. The number of carbonyl (C=O) groups excluding carboxylic acids is 1.